The minimum atomic E-state index is 0.351. The lowest BCUT2D eigenvalue weighted by atomic mass is 10.2. The first-order valence-corrected chi connectivity index (χ1v) is 6.16. The van der Waals surface area contributed by atoms with Gasteiger partial charge in [0.2, 0.25) is 0 Å². The molecule has 2 heterocycles. The van der Waals surface area contributed by atoms with Crippen molar-refractivity contribution in [1.82, 2.24) is 20.1 Å². The number of rotatable bonds is 4. The monoisotopic (exact) mass is 236 g/mol. The summed E-state index contributed by atoms with van der Waals surface area (Å²) < 4.78 is 1.72. The molecule has 0 aromatic carbocycles. The molecule has 0 saturated heterocycles. The summed E-state index contributed by atoms with van der Waals surface area (Å²) in [5.41, 5.74) is 1.35. The third-order valence-corrected chi connectivity index (χ3v) is 3.71. The van der Waals surface area contributed by atoms with Crippen LogP contribution in [0.3, 0.4) is 0 Å². The first kappa shape index (κ1) is 11.3. The predicted octanol–water partition coefficient (Wildman–Crippen LogP) is 2.04. The van der Waals surface area contributed by atoms with E-state index in [4.69, 9.17) is 0 Å². The Hall–Kier alpha value is -1.20. The van der Waals surface area contributed by atoms with Gasteiger partial charge >= 0.3 is 0 Å². The zero-order valence-electron chi connectivity index (χ0n) is 9.77. The van der Waals surface area contributed by atoms with Crippen molar-refractivity contribution >= 4 is 11.3 Å². The van der Waals surface area contributed by atoms with Gasteiger partial charge in [-0.3, -0.25) is 4.68 Å². The molecule has 86 valence electrons. The molecule has 4 nitrogen and oxygen atoms in total. The van der Waals surface area contributed by atoms with Crippen molar-refractivity contribution in [2.75, 3.05) is 0 Å². The Balaban J connectivity index is 1.93. The van der Waals surface area contributed by atoms with Crippen molar-refractivity contribution in [2.45, 2.75) is 26.4 Å². The van der Waals surface area contributed by atoms with Crippen LogP contribution >= 0.6 is 11.3 Å². The number of hydrogen-bond acceptors (Lipinski definition) is 4. The minimum Gasteiger partial charge on any atom is -0.302 e. The van der Waals surface area contributed by atoms with E-state index in [0.717, 1.165) is 5.82 Å². The van der Waals surface area contributed by atoms with Gasteiger partial charge in [-0.1, -0.05) is 0 Å². The molecule has 16 heavy (non-hydrogen) atoms. The zero-order chi connectivity index (χ0) is 11.5. The summed E-state index contributed by atoms with van der Waals surface area (Å²) in [6.07, 6.45) is 1.72. The van der Waals surface area contributed by atoms with Gasteiger partial charge in [0.1, 0.15) is 6.33 Å². The van der Waals surface area contributed by atoms with Gasteiger partial charge in [0.25, 0.3) is 0 Å². The Kier molecular flexibility index (Phi) is 3.36. The van der Waals surface area contributed by atoms with Crippen molar-refractivity contribution in [1.29, 1.82) is 0 Å². The third-order valence-electron chi connectivity index (χ3n) is 2.51. The largest absolute Gasteiger partial charge is 0.302 e. The fourth-order valence-electron chi connectivity index (χ4n) is 1.63. The second-order valence-electron chi connectivity index (χ2n) is 3.90. The van der Waals surface area contributed by atoms with Crippen LogP contribution in [0.4, 0.5) is 0 Å². The number of aromatic nitrogens is 3. The minimum absolute atomic E-state index is 0.351. The molecule has 0 aliphatic carbocycles. The highest BCUT2D eigenvalue weighted by atomic mass is 32.1. The second kappa shape index (κ2) is 4.76. The van der Waals surface area contributed by atoms with Gasteiger partial charge in [-0.25, -0.2) is 4.98 Å². The van der Waals surface area contributed by atoms with Crippen LogP contribution in [0, 0.1) is 6.92 Å². The summed E-state index contributed by atoms with van der Waals surface area (Å²) >= 11 is 1.79. The van der Waals surface area contributed by atoms with Gasteiger partial charge < -0.3 is 5.32 Å². The van der Waals surface area contributed by atoms with Gasteiger partial charge in [-0.15, -0.1) is 11.3 Å². The smallest absolute Gasteiger partial charge is 0.164 e. The van der Waals surface area contributed by atoms with Gasteiger partial charge in [-0.05, 0) is 30.9 Å². The number of nitrogens with zero attached hydrogens (tertiary/aromatic N) is 3. The molecule has 0 aliphatic rings. The summed E-state index contributed by atoms with van der Waals surface area (Å²) in [6, 6.07) is 2.50. The molecule has 1 atom stereocenters. The summed E-state index contributed by atoms with van der Waals surface area (Å²) in [7, 11) is 1.88. The summed E-state index contributed by atoms with van der Waals surface area (Å²) in [6.45, 7) is 5.02. The molecule has 1 N–H and O–H groups in total. The van der Waals surface area contributed by atoms with Crippen LogP contribution in [0.15, 0.2) is 17.8 Å². The Morgan fingerprint density at radius 1 is 1.56 bits per heavy atom. The molecule has 2 aromatic rings. The second-order valence-corrected chi connectivity index (χ2v) is 4.85. The van der Waals surface area contributed by atoms with Gasteiger partial charge in [-0.2, -0.15) is 5.10 Å². The van der Waals surface area contributed by atoms with E-state index in [9.17, 15) is 0 Å². The fourth-order valence-corrected chi connectivity index (χ4v) is 2.59. The standard InChI is InChI=1S/C11H16N4S/c1-8-4-5-16-11(8)9(2)12-6-10-13-7-15(3)14-10/h4-5,7,9,12H,6H2,1-3H3. The SMILES string of the molecule is Cc1ccsc1C(C)NCc1ncn(C)n1. The molecular weight excluding hydrogens is 220 g/mol. The maximum atomic E-state index is 4.23. The van der Waals surface area contributed by atoms with Crippen molar-refractivity contribution in [3.8, 4) is 0 Å². The number of aryl methyl sites for hydroxylation is 2. The molecule has 1 unspecified atom stereocenters. The summed E-state index contributed by atoms with van der Waals surface area (Å²) in [5.74, 6) is 0.837. The first-order chi connectivity index (χ1) is 7.66. The third kappa shape index (κ3) is 2.48. The lowest BCUT2D eigenvalue weighted by Gasteiger charge is -2.11. The van der Waals surface area contributed by atoms with Crippen LogP contribution in [0.25, 0.3) is 0 Å². The van der Waals surface area contributed by atoms with E-state index in [2.05, 4.69) is 40.7 Å². The molecule has 2 rings (SSSR count). The normalized spacial score (nSPS) is 12.9. The highest BCUT2D eigenvalue weighted by Gasteiger charge is 2.09. The highest BCUT2D eigenvalue weighted by molar-refractivity contribution is 7.10. The lowest BCUT2D eigenvalue weighted by molar-refractivity contribution is 0.561. The Morgan fingerprint density at radius 3 is 2.94 bits per heavy atom. The van der Waals surface area contributed by atoms with E-state index in [1.807, 2.05) is 7.05 Å². The van der Waals surface area contributed by atoms with Crippen molar-refractivity contribution in [2.24, 2.45) is 7.05 Å². The number of nitrogens with one attached hydrogen (secondary N) is 1. The summed E-state index contributed by atoms with van der Waals surface area (Å²) in [4.78, 5) is 5.57. The fraction of sp³-hybridized carbons (Fsp3) is 0.455. The lowest BCUT2D eigenvalue weighted by Crippen LogP contribution is -2.18. The van der Waals surface area contributed by atoms with E-state index in [1.54, 1.807) is 22.3 Å². The van der Waals surface area contributed by atoms with Gasteiger partial charge in [0.15, 0.2) is 5.82 Å². The molecule has 0 fully saturated rings. The molecule has 0 amide bonds. The van der Waals surface area contributed by atoms with E-state index < -0.39 is 0 Å². The predicted molar refractivity (Wildman–Crippen MR) is 65.3 cm³/mol. The quantitative estimate of drug-likeness (QED) is 0.883. The number of thiophene rings is 1. The Labute approximate surface area is 99.3 Å². The van der Waals surface area contributed by atoms with Crippen molar-refractivity contribution < 1.29 is 0 Å². The van der Waals surface area contributed by atoms with Gasteiger partial charge in [0, 0.05) is 18.0 Å². The summed E-state index contributed by atoms with van der Waals surface area (Å²) in [5, 5.41) is 9.79. The average Bonchev–Trinajstić information content (AvgIpc) is 2.84. The van der Waals surface area contributed by atoms with E-state index in [0.29, 0.717) is 12.6 Å². The molecule has 0 spiro atoms. The van der Waals surface area contributed by atoms with Crippen LogP contribution in [0.2, 0.25) is 0 Å². The van der Waals surface area contributed by atoms with Gasteiger partial charge in [0.05, 0.1) is 6.54 Å². The first-order valence-electron chi connectivity index (χ1n) is 5.28. The van der Waals surface area contributed by atoms with E-state index in [1.165, 1.54) is 10.4 Å². The van der Waals surface area contributed by atoms with Crippen LogP contribution in [0.1, 0.15) is 29.2 Å². The van der Waals surface area contributed by atoms with Crippen molar-refractivity contribution in [3.63, 3.8) is 0 Å². The van der Waals surface area contributed by atoms with Crippen LogP contribution in [0.5, 0.6) is 0 Å². The molecule has 2 aromatic heterocycles. The van der Waals surface area contributed by atoms with E-state index in [-0.39, 0.29) is 0 Å². The maximum absolute atomic E-state index is 4.23. The molecular formula is C11H16N4S. The molecule has 0 aliphatic heterocycles. The number of hydrogen-bond donors (Lipinski definition) is 1. The molecule has 0 radical (unpaired) electrons. The van der Waals surface area contributed by atoms with Crippen LogP contribution in [-0.2, 0) is 13.6 Å². The molecule has 5 heteroatoms. The van der Waals surface area contributed by atoms with Crippen molar-refractivity contribution in [3.05, 3.63) is 34.0 Å². The molecule has 0 bridgehead atoms. The zero-order valence-corrected chi connectivity index (χ0v) is 10.6. The van der Waals surface area contributed by atoms with Crippen LogP contribution in [-0.4, -0.2) is 14.8 Å². The highest BCUT2D eigenvalue weighted by Crippen LogP contribution is 2.23. The van der Waals surface area contributed by atoms with E-state index >= 15 is 0 Å². The average molecular weight is 236 g/mol. The maximum Gasteiger partial charge on any atom is 0.164 e. The Bertz CT molecular complexity index is 460. The topological polar surface area (TPSA) is 42.7 Å². The Morgan fingerprint density at radius 2 is 2.38 bits per heavy atom. The molecule has 0 saturated carbocycles. The van der Waals surface area contributed by atoms with Crippen LogP contribution < -0.4 is 5.32 Å².